The van der Waals surface area contributed by atoms with E-state index in [9.17, 15) is 17.6 Å². The molecule has 0 aliphatic rings. The zero-order valence-corrected chi connectivity index (χ0v) is 18.8. The fourth-order valence-electron chi connectivity index (χ4n) is 2.80. The highest BCUT2D eigenvalue weighted by Gasteiger charge is 2.19. The lowest BCUT2D eigenvalue weighted by atomic mass is 10.0. The van der Waals surface area contributed by atoms with Gasteiger partial charge in [-0.1, -0.05) is 24.3 Å². The maximum Gasteiger partial charge on any atom is 0.262 e. The molecule has 1 heterocycles. The van der Waals surface area contributed by atoms with Crippen LogP contribution in [-0.2, 0) is 9.84 Å². The predicted octanol–water partition coefficient (Wildman–Crippen LogP) is 4.26. The van der Waals surface area contributed by atoms with Gasteiger partial charge in [-0.25, -0.2) is 12.8 Å². The Morgan fingerprint density at radius 2 is 1.60 bits per heavy atom. The van der Waals surface area contributed by atoms with Crippen molar-refractivity contribution >= 4 is 27.1 Å². The number of sulfone groups is 1. The molecule has 158 valence electrons. The smallest absolute Gasteiger partial charge is 0.262 e. The lowest BCUT2D eigenvalue weighted by molar-refractivity contribution is 0.0904. The van der Waals surface area contributed by atoms with Crippen molar-refractivity contribution in [1.82, 2.24) is 10.2 Å². The van der Waals surface area contributed by atoms with E-state index < -0.39 is 9.84 Å². The number of benzene rings is 2. The first-order valence-electron chi connectivity index (χ1n) is 9.24. The third kappa shape index (κ3) is 4.95. The minimum atomic E-state index is -3.31. The van der Waals surface area contributed by atoms with Gasteiger partial charge in [-0.2, -0.15) is 0 Å². The van der Waals surface area contributed by atoms with Crippen LogP contribution >= 0.6 is 11.3 Å². The number of hydrogen-bond donors (Lipinski definition) is 1. The Hall–Kier alpha value is -2.55. The summed E-state index contributed by atoms with van der Waals surface area (Å²) in [6.45, 7) is 1.89. The van der Waals surface area contributed by atoms with Crippen molar-refractivity contribution in [3.63, 3.8) is 0 Å². The van der Waals surface area contributed by atoms with Crippen LogP contribution in [0.4, 0.5) is 4.39 Å². The summed E-state index contributed by atoms with van der Waals surface area (Å²) in [5.74, 6) is -0.546. The average molecular weight is 447 g/mol. The van der Waals surface area contributed by atoms with Crippen molar-refractivity contribution in [2.75, 3.05) is 20.4 Å². The summed E-state index contributed by atoms with van der Waals surface area (Å²) in [5, 5.41) is 2.94. The van der Waals surface area contributed by atoms with Crippen molar-refractivity contribution in [3.8, 4) is 21.6 Å². The van der Waals surface area contributed by atoms with Crippen molar-refractivity contribution in [1.29, 1.82) is 0 Å². The molecular formula is C22H23FN2O3S2. The van der Waals surface area contributed by atoms with Gasteiger partial charge in [-0.3, -0.25) is 9.69 Å². The third-order valence-electron chi connectivity index (χ3n) is 4.77. The summed E-state index contributed by atoms with van der Waals surface area (Å²) in [7, 11) is 0.440. The molecule has 1 aromatic heterocycles. The number of thiophene rings is 1. The van der Waals surface area contributed by atoms with E-state index in [1.165, 1.54) is 23.5 Å². The number of nitrogens with zero attached hydrogens (tertiary/aromatic N) is 1. The molecule has 0 fully saturated rings. The van der Waals surface area contributed by atoms with Gasteiger partial charge in [0.1, 0.15) is 5.82 Å². The van der Waals surface area contributed by atoms with E-state index in [2.05, 4.69) is 5.32 Å². The monoisotopic (exact) mass is 446 g/mol. The zero-order valence-electron chi connectivity index (χ0n) is 17.1. The van der Waals surface area contributed by atoms with Crippen molar-refractivity contribution < 1.29 is 17.6 Å². The Bertz CT molecular complexity index is 1150. The zero-order chi connectivity index (χ0) is 22.1. The molecule has 0 saturated heterocycles. The second-order valence-corrected chi connectivity index (χ2v) is 10.3. The molecule has 0 spiro atoms. The quantitative estimate of drug-likeness (QED) is 0.575. The molecule has 3 rings (SSSR count). The van der Waals surface area contributed by atoms with Gasteiger partial charge in [-0.05, 0) is 62.5 Å². The Morgan fingerprint density at radius 1 is 1.03 bits per heavy atom. The van der Waals surface area contributed by atoms with E-state index >= 15 is 0 Å². The minimum Gasteiger partial charge on any atom is -0.336 e. The van der Waals surface area contributed by atoms with Gasteiger partial charge in [0.05, 0.1) is 15.9 Å². The molecule has 0 bridgehead atoms. The molecule has 2 aromatic carbocycles. The molecule has 1 atom stereocenters. The Kier molecular flexibility index (Phi) is 6.40. The van der Waals surface area contributed by atoms with E-state index in [1.54, 1.807) is 42.5 Å². The maximum atomic E-state index is 13.4. The number of hydrogen-bond acceptors (Lipinski definition) is 5. The van der Waals surface area contributed by atoms with E-state index in [1.807, 2.05) is 25.9 Å². The first-order chi connectivity index (χ1) is 14.1. The molecule has 1 amide bonds. The number of rotatable bonds is 6. The lowest BCUT2D eigenvalue weighted by Gasteiger charge is -2.20. The summed E-state index contributed by atoms with van der Waals surface area (Å²) in [4.78, 5) is 16.2. The van der Waals surface area contributed by atoms with Crippen LogP contribution in [0.3, 0.4) is 0 Å². The minimum absolute atomic E-state index is 0.147. The Balaban J connectivity index is 2.07. The van der Waals surface area contributed by atoms with E-state index in [-0.39, 0.29) is 22.8 Å². The number of nitrogens with one attached hydrogen (secondary N) is 1. The molecule has 0 aliphatic heterocycles. The van der Waals surface area contributed by atoms with Crippen LogP contribution in [0.1, 0.15) is 16.6 Å². The van der Waals surface area contributed by atoms with Crippen LogP contribution in [0.5, 0.6) is 0 Å². The molecule has 8 heteroatoms. The largest absolute Gasteiger partial charge is 0.336 e. The van der Waals surface area contributed by atoms with Gasteiger partial charge in [0.15, 0.2) is 9.84 Å². The standard InChI is InChI=1S/C22H23FN2O3S2/c1-14(25(2)3)24-22(26)20-13-19(15-7-11-18(12-8-15)30(4,27)28)21(29-20)16-5-9-17(23)10-6-16/h5-14H,1-4H3,(H,24,26). The van der Waals surface area contributed by atoms with Gasteiger partial charge >= 0.3 is 0 Å². The van der Waals surface area contributed by atoms with E-state index in [0.717, 1.165) is 27.8 Å². The normalized spacial score (nSPS) is 12.7. The van der Waals surface area contributed by atoms with Crippen LogP contribution in [-0.4, -0.2) is 45.7 Å². The number of halogens is 1. The molecule has 0 radical (unpaired) electrons. The molecular weight excluding hydrogens is 423 g/mol. The molecule has 1 unspecified atom stereocenters. The Morgan fingerprint density at radius 3 is 2.13 bits per heavy atom. The summed E-state index contributed by atoms with van der Waals surface area (Å²) in [6, 6.07) is 14.4. The topological polar surface area (TPSA) is 66.5 Å². The summed E-state index contributed by atoms with van der Waals surface area (Å²) >= 11 is 1.31. The lowest BCUT2D eigenvalue weighted by Crippen LogP contribution is -2.42. The number of carbonyl (C=O) groups excluding carboxylic acids is 1. The van der Waals surface area contributed by atoms with Crippen LogP contribution in [0, 0.1) is 5.82 Å². The van der Waals surface area contributed by atoms with E-state index in [4.69, 9.17) is 0 Å². The van der Waals surface area contributed by atoms with E-state index in [0.29, 0.717) is 4.88 Å². The van der Waals surface area contributed by atoms with Gasteiger partial charge in [0.25, 0.3) is 5.91 Å². The third-order valence-corrected chi connectivity index (χ3v) is 7.08. The average Bonchev–Trinajstić information content (AvgIpc) is 3.13. The van der Waals surface area contributed by atoms with Crippen molar-refractivity contribution in [2.45, 2.75) is 18.0 Å². The van der Waals surface area contributed by atoms with Crippen molar-refractivity contribution in [2.24, 2.45) is 0 Å². The first-order valence-corrected chi connectivity index (χ1v) is 11.9. The maximum absolute atomic E-state index is 13.4. The van der Waals surface area contributed by atoms with Gasteiger partial charge in [-0.15, -0.1) is 11.3 Å². The SMILES string of the molecule is CC(NC(=O)c1cc(-c2ccc(S(C)(=O)=O)cc2)c(-c2ccc(F)cc2)s1)N(C)C. The molecule has 30 heavy (non-hydrogen) atoms. The molecule has 3 aromatic rings. The van der Waals surface area contributed by atoms with Crippen LogP contribution < -0.4 is 5.32 Å². The fraction of sp³-hybridized carbons (Fsp3) is 0.227. The van der Waals surface area contributed by atoms with Crippen LogP contribution in [0.25, 0.3) is 21.6 Å². The highest BCUT2D eigenvalue weighted by molar-refractivity contribution is 7.90. The first kappa shape index (κ1) is 22.1. The second kappa shape index (κ2) is 8.67. The Labute approximate surface area is 180 Å². The van der Waals surface area contributed by atoms with Gasteiger partial charge in [0, 0.05) is 16.7 Å². The molecule has 0 saturated carbocycles. The van der Waals surface area contributed by atoms with Gasteiger partial charge in [0.2, 0.25) is 0 Å². The highest BCUT2D eigenvalue weighted by Crippen LogP contribution is 2.39. The predicted molar refractivity (Wildman–Crippen MR) is 119 cm³/mol. The molecule has 5 nitrogen and oxygen atoms in total. The van der Waals surface area contributed by atoms with Crippen molar-refractivity contribution in [3.05, 3.63) is 65.3 Å². The molecule has 1 N–H and O–H groups in total. The number of amides is 1. The fourth-order valence-corrected chi connectivity index (χ4v) is 4.52. The summed E-state index contributed by atoms with van der Waals surface area (Å²) < 4.78 is 36.9. The molecule has 0 aliphatic carbocycles. The summed E-state index contributed by atoms with van der Waals surface area (Å²) in [6.07, 6.45) is 1.01. The van der Waals surface area contributed by atoms with Crippen LogP contribution in [0.15, 0.2) is 59.5 Å². The second-order valence-electron chi connectivity index (χ2n) is 7.27. The van der Waals surface area contributed by atoms with Gasteiger partial charge < -0.3 is 5.32 Å². The highest BCUT2D eigenvalue weighted by atomic mass is 32.2. The summed E-state index contributed by atoms with van der Waals surface area (Å²) in [5.41, 5.74) is 2.34. The van der Waals surface area contributed by atoms with Crippen LogP contribution in [0.2, 0.25) is 0 Å². The number of carbonyl (C=O) groups is 1.